The van der Waals surface area contributed by atoms with Crippen LogP contribution in [0.2, 0.25) is 5.02 Å². The molecule has 0 aliphatic carbocycles. The van der Waals surface area contributed by atoms with Crippen LogP contribution >= 0.6 is 11.6 Å². The highest BCUT2D eigenvalue weighted by Gasteiger charge is 2.31. The maximum atomic E-state index is 11.2. The molecule has 0 unspecified atom stereocenters. The molecule has 0 atom stereocenters. The van der Waals surface area contributed by atoms with Crippen molar-refractivity contribution in [2.75, 3.05) is 18.6 Å². The number of hydrogen-bond donors (Lipinski definition) is 1. The first-order valence-corrected chi connectivity index (χ1v) is 10.3. The van der Waals surface area contributed by atoms with Gasteiger partial charge in [0.2, 0.25) is 0 Å². The highest BCUT2D eigenvalue weighted by Crippen LogP contribution is 2.42. The average molecular weight is 427 g/mol. The predicted molar refractivity (Wildman–Crippen MR) is 124 cm³/mol. The zero-order chi connectivity index (χ0) is 22.1. The largest absolute Gasteiger partial charge is 0.496 e. The quantitative estimate of drug-likeness (QED) is 0.558. The van der Waals surface area contributed by atoms with E-state index < -0.39 is 5.97 Å². The van der Waals surface area contributed by atoms with E-state index in [4.69, 9.17) is 16.3 Å². The Balaban J connectivity index is 2.08. The molecule has 0 saturated heterocycles. The van der Waals surface area contributed by atoms with Crippen molar-refractivity contribution in [1.29, 1.82) is 0 Å². The molecule has 5 nitrogen and oxygen atoms in total. The predicted octanol–water partition coefficient (Wildman–Crippen LogP) is 6.21. The first-order valence-electron chi connectivity index (χ1n) is 9.94. The van der Waals surface area contributed by atoms with Gasteiger partial charge in [0.15, 0.2) is 0 Å². The highest BCUT2D eigenvalue weighted by molar-refractivity contribution is 6.33. The fraction of sp³-hybridized carbons (Fsp3) is 0.333. The van der Waals surface area contributed by atoms with E-state index in [1.54, 1.807) is 19.4 Å². The molecule has 30 heavy (non-hydrogen) atoms. The van der Waals surface area contributed by atoms with E-state index >= 15 is 0 Å². The first kappa shape index (κ1) is 21.9. The SMILES string of the molecule is CCCN1c2cc(OC)c(C=Nc3cc(C(=O)O)ccc3Cl)cc2C(C)=CC1(C)C. The lowest BCUT2D eigenvalue weighted by atomic mass is 9.87. The number of methoxy groups -OCH3 is 1. The monoisotopic (exact) mass is 426 g/mol. The molecule has 0 bridgehead atoms. The molecule has 3 rings (SSSR count). The van der Waals surface area contributed by atoms with Crippen LogP contribution in [0.15, 0.2) is 41.4 Å². The summed E-state index contributed by atoms with van der Waals surface area (Å²) in [5.41, 5.74) is 4.73. The maximum absolute atomic E-state index is 11.2. The van der Waals surface area contributed by atoms with Gasteiger partial charge in [-0.2, -0.15) is 0 Å². The molecule has 1 aliphatic rings. The molecule has 2 aromatic carbocycles. The van der Waals surface area contributed by atoms with Gasteiger partial charge in [-0.25, -0.2) is 4.79 Å². The number of aliphatic imine (C=N–C) groups is 1. The second-order valence-electron chi connectivity index (χ2n) is 7.97. The van der Waals surface area contributed by atoms with Crippen LogP contribution in [0.3, 0.4) is 0 Å². The fourth-order valence-electron chi connectivity index (χ4n) is 3.91. The van der Waals surface area contributed by atoms with Crippen molar-refractivity contribution in [3.8, 4) is 5.75 Å². The third-order valence-corrected chi connectivity index (χ3v) is 5.63. The van der Waals surface area contributed by atoms with Gasteiger partial charge in [-0.05, 0) is 57.0 Å². The van der Waals surface area contributed by atoms with Crippen LogP contribution < -0.4 is 9.64 Å². The van der Waals surface area contributed by atoms with Gasteiger partial charge in [0.25, 0.3) is 0 Å². The van der Waals surface area contributed by atoms with E-state index in [1.165, 1.54) is 17.7 Å². The fourth-order valence-corrected chi connectivity index (χ4v) is 4.08. The lowest BCUT2D eigenvalue weighted by molar-refractivity contribution is 0.0697. The molecule has 0 radical (unpaired) electrons. The molecule has 1 heterocycles. The molecule has 0 fully saturated rings. The van der Waals surface area contributed by atoms with Crippen LogP contribution in [0, 0.1) is 0 Å². The number of nitrogens with zero attached hydrogens (tertiary/aromatic N) is 2. The summed E-state index contributed by atoms with van der Waals surface area (Å²) in [7, 11) is 1.64. The summed E-state index contributed by atoms with van der Waals surface area (Å²) >= 11 is 6.21. The van der Waals surface area contributed by atoms with Crippen molar-refractivity contribution in [2.45, 2.75) is 39.7 Å². The van der Waals surface area contributed by atoms with Gasteiger partial charge in [0, 0.05) is 35.6 Å². The molecule has 0 spiro atoms. The molecule has 1 N–H and O–H groups in total. The third kappa shape index (κ3) is 4.21. The number of ether oxygens (including phenoxy) is 1. The average Bonchev–Trinajstić information content (AvgIpc) is 2.69. The smallest absolute Gasteiger partial charge is 0.335 e. The van der Waals surface area contributed by atoms with Crippen LogP contribution in [0.25, 0.3) is 5.57 Å². The van der Waals surface area contributed by atoms with Crippen LogP contribution in [-0.2, 0) is 0 Å². The van der Waals surface area contributed by atoms with E-state index in [0.717, 1.165) is 29.8 Å². The van der Waals surface area contributed by atoms with Crippen LogP contribution in [0.4, 0.5) is 11.4 Å². The van der Waals surface area contributed by atoms with Gasteiger partial charge in [-0.3, -0.25) is 4.99 Å². The first-order chi connectivity index (χ1) is 14.2. The molecule has 6 heteroatoms. The number of carboxylic acid groups (broad SMARTS) is 1. The molecule has 0 aromatic heterocycles. The number of anilines is 1. The Hall–Kier alpha value is -2.79. The zero-order valence-electron chi connectivity index (χ0n) is 18.0. The van der Waals surface area contributed by atoms with Gasteiger partial charge in [0.05, 0.1) is 28.9 Å². The topological polar surface area (TPSA) is 62.1 Å². The maximum Gasteiger partial charge on any atom is 0.335 e. The number of rotatable bonds is 6. The van der Waals surface area contributed by atoms with Crippen molar-refractivity contribution in [2.24, 2.45) is 4.99 Å². The number of carbonyl (C=O) groups is 1. The Morgan fingerprint density at radius 3 is 2.67 bits per heavy atom. The number of fused-ring (bicyclic) bond motifs is 1. The van der Waals surface area contributed by atoms with E-state index in [2.05, 4.69) is 55.8 Å². The van der Waals surface area contributed by atoms with Crippen molar-refractivity contribution < 1.29 is 14.6 Å². The highest BCUT2D eigenvalue weighted by atomic mass is 35.5. The Labute approximate surface area is 182 Å². The van der Waals surface area contributed by atoms with Gasteiger partial charge in [-0.15, -0.1) is 0 Å². The standard InChI is InChI=1S/C24H27ClN2O3/c1-6-9-27-21-12-22(30-5)17(10-18(21)15(2)13-24(27,3)4)14-26-20-11-16(23(28)29)7-8-19(20)25/h7-8,10-14H,6,9H2,1-5H3,(H,28,29). The minimum atomic E-state index is -1.02. The van der Waals surface area contributed by atoms with Gasteiger partial charge in [0.1, 0.15) is 5.75 Å². The zero-order valence-corrected chi connectivity index (χ0v) is 18.7. The van der Waals surface area contributed by atoms with E-state index in [1.807, 2.05) is 0 Å². The third-order valence-electron chi connectivity index (χ3n) is 5.31. The molecule has 0 amide bonds. The summed E-state index contributed by atoms with van der Waals surface area (Å²) < 4.78 is 5.66. The molecular weight excluding hydrogens is 400 g/mol. The van der Waals surface area contributed by atoms with E-state index in [0.29, 0.717) is 16.5 Å². The Bertz CT molecular complexity index is 1040. The summed E-state index contributed by atoms with van der Waals surface area (Å²) in [5, 5.41) is 9.60. The number of carboxylic acids is 1. The molecule has 1 aliphatic heterocycles. The van der Waals surface area contributed by atoms with Crippen LogP contribution in [0.5, 0.6) is 5.75 Å². The lowest BCUT2D eigenvalue weighted by Gasteiger charge is -2.43. The molecular formula is C24H27ClN2O3. The Kier molecular flexibility index (Phi) is 6.22. The van der Waals surface area contributed by atoms with Gasteiger partial charge >= 0.3 is 5.97 Å². The molecule has 158 valence electrons. The number of hydrogen-bond acceptors (Lipinski definition) is 4. The lowest BCUT2D eigenvalue weighted by Crippen LogP contribution is -2.45. The van der Waals surface area contributed by atoms with Gasteiger partial charge < -0.3 is 14.7 Å². The van der Waals surface area contributed by atoms with Crippen LogP contribution in [0.1, 0.15) is 55.6 Å². The van der Waals surface area contributed by atoms with E-state index in [-0.39, 0.29) is 11.1 Å². The number of benzene rings is 2. The summed E-state index contributed by atoms with van der Waals surface area (Å²) in [6, 6.07) is 8.58. The summed E-state index contributed by atoms with van der Waals surface area (Å²) in [5.74, 6) is -0.316. The molecule has 0 saturated carbocycles. The Morgan fingerprint density at radius 2 is 2.03 bits per heavy atom. The summed E-state index contributed by atoms with van der Waals surface area (Å²) in [4.78, 5) is 18.1. The van der Waals surface area contributed by atoms with Crippen molar-refractivity contribution in [3.63, 3.8) is 0 Å². The van der Waals surface area contributed by atoms with Crippen molar-refractivity contribution >= 4 is 40.7 Å². The second kappa shape index (κ2) is 8.52. The minimum Gasteiger partial charge on any atom is -0.496 e. The summed E-state index contributed by atoms with van der Waals surface area (Å²) in [6.45, 7) is 9.67. The molecule has 2 aromatic rings. The van der Waals surface area contributed by atoms with Crippen LogP contribution in [-0.4, -0.2) is 36.5 Å². The van der Waals surface area contributed by atoms with Crippen molar-refractivity contribution in [3.05, 3.63) is 58.1 Å². The summed E-state index contributed by atoms with van der Waals surface area (Å²) in [6.07, 6.45) is 4.99. The number of halogens is 1. The van der Waals surface area contributed by atoms with Crippen molar-refractivity contribution in [1.82, 2.24) is 0 Å². The second-order valence-corrected chi connectivity index (χ2v) is 8.38. The van der Waals surface area contributed by atoms with E-state index in [9.17, 15) is 9.90 Å². The number of allylic oxidation sites excluding steroid dienone is 1. The Morgan fingerprint density at radius 1 is 1.30 bits per heavy atom. The van der Waals surface area contributed by atoms with Gasteiger partial charge in [-0.1, -0.05) is 24.6 Å². The normalized spacial score (nSPS) is 15.1. The number of aromatic carboxylic acids is 1. The minimum absolute atomic E-state index is 0.0848.